The molecule has 6 heteroatoms. The lowest BCUT2D eigenvalue weighted by Gasteiger charge is -2.32. The number of likely N-dealkylation sites (tertiary alicyclic amines) is 1. The van der Waals surface area contributed by atoms with Gasteiger partial charge in [0.05, 0.1) is 17.5 Å². The van der Waals surface area contributed by atoms with Crippen molar-refractivity contribution in [3.05, 3.63) is 41.0 Å². The van der Waals surface area contributed by atoms with Gasteiger partial charge in [-0.15, -0.1) is 0 Å². The molecule has 0 radical (unpaired) electrons. The summed E-state index contributed by atoms with van der Waals surface area (Å²) in [5.74, 6) is 0.550. The average Bonchev–Trinajstić information content (AvgIpc) is 3.04. The van der Waals surface area contributed by atoms with E-state index in [1.807, 2.05) is 36.2 Å². The molecule has 1 aromatic heterocycles. The van der Waals surface area contributed by atoms with Crippen LogP contribution in [0.1, 0.15) is 23.2 Å². The lowest BCUT2D eigenvalue weighted by Crippen LogP contribution is -2.42. The number of benzene rings is 1. The number of aromatic nitrogens is 2. The van der Waals surface area contributed by atoms with Crippen LogP contribution < -0.4 is 5.32 Å². The van der Waals surface area contributed by atoms with Crippen LogP contribution in [0.2, 0.25) is 5.02 Å². The monoisotopic (exact) mass is 332 g/mol. The van der Waals surface area contributed by atoms with Crippen LogP contribution in [-0.2, 0) is 0 Å². The number of hydrogen-bond donors (Lipinski definition) is 2. The van der Waals surface area contributed by atoms with Gasteiger partial charge in [-0.1, -0.05) is 23.7 Å². The van der Waals surface area contributed by atoms with E-state index in [0.29, 0.717) is 16.5 Å². The van der Waals surface area contributed by atoms with Gasteiger partial charge in [-0.25, -0.2) is 0 Å². The highest BCUT2D eigenvalue weighted by atomic mass is 35.5. The highest BCUT2D eigenvalue weighted by Crippen LogP contribution is 2.26. The molecule has 2 N–H and O–H groups in total. The van der Waals surface area contributed by atoms with Gasteiger partial charge in [0.1, 0.15) is 0 Å². The number of amides is 1. The van der Waals surface area contributed by atoms with Crippen molar-refractivity contribution in [3.63, 3.8) is 0 Å². The van der Waals surface area contributed by atoms with Gasteiger partial charge in [-0.2, -0.15) is 5.10 Å². The Labute approximate surface area is 141 Å². The number of carbonyl (C=O) groups is 1. The summed E-state index contributed by atoms with van der Waals surface area (Å²) in [5, 5.41) is 10.9. The first kappa shape index (κ1) is 16.0. The van der Waals surface area contributed by atoms with Crippen molar-refractivity contribution in [2.24, 2.45) is 5.92 Å². The van der Waals surface area contributed by atoms with E-state index in [1.165, 1.54) is 0 Å². The van der Waals surface area contributed by atoms with E-state index in [9.17, 15) is 4.79 Å². The molecule has 0 spiro atoms. The Kier molecular flexibility index (Phi) is 4.98. The van der Waals surface area contributed by atoms with Gasteiger partial charge in [-0.05, 0) is 44.5 Å². The van der Waals surface area contributed by atoms with Gasteiger partial charge in [0.15, 0.2) is 0 Å². The van der Waals surface area contributed by atoms with Crippen LogP contribution in [-0.4, -0.2) is 47.7 Å². The Morgan fingerprint density at radius 2 is 2.39 bits per heavy atom. The molecule has 0 saturated carbocycles. The molecule has 1 atom stereocenters. The third-order valence-electron chi connectivity index (χ3n) is 4.28. The molecule has 1 aliphatic rings. The summed E-state index contributed by atoms with van der Waals surface area (Å²) in [6.45, 7) is 2.54. The van der Waals surface area contributed by atoms with Crippen molar-refractivity contribution in [3.8, 4) is 11.3 Å². The van der Waals surface area contributed by atoms with Gasteiger partial charge in [0.2, 0.25) is 0 Å². The largest absolute Gasteiger partial charge is 0.338 e. The Bertz CT molecular complexity index is 683. The van der Waals surface area contributed by atoms with Crippen molar-refractivity contribution in [2.75, 3.05) is 26.7 Å². The average molecular weight is 333 g/mol. The Morgan fingerprint density at radius 3 is 3.17 bits per heavy atom. The van der Waals surface area contributed by atoms with Crippen LogP contribution in [0.3, 0.4) is 0 Å². The van der Waals surface area contributed by atoms with Gasteiger partial charge in [0, 0.05) is 23.7 Å². The summed E-state index contributed by atoms with van der Waals surface area (Å²) < 4.78 is 0. The molecule has 2 heterocycles. The molecule has 3 rings (SSSR count). The van der Waals surface area contributed by atoms with E-state index in [-0.39, 0.29) is 5.91 Å². The third kappa shape index (κ3) is 3.57. The number of H-pyrrole nitrogens is 1. The molecule has 5 nitrogen and oxygen atoms in total. The second kappa shape index (κ2) is 7.15. The van der Waals surface area contributed by atoms with E-state index >= 15 is 0 Å². The maximum atomic E-state index is 12.9. The van der Waals surface area contributed by atoms with E-state index in [4.69, 9.17) is 11.6 Å². The summed E-state index contributed by atoms with van der Waals surface area (Å²) in [7, 11) is 1.95. The molecule has 2 aromatic rings. The Morgan fingerprint density at radius 1 is 1.52 bits per heavy atom. The molecule has 1 aromatic carbocycles. The zero-order chi connectivity index (χ0) is 16.2. The first-order chi connectivity index (χ1) is 11.2. The fourth-order valence-electron chi connectivity index (χ4n) is 3.19. The number of nitrogens with one attached hydrogen (secondary N) is 2. The van der Waals surface area contributed by atoms with Crippen molar-refractivity contribution >= 4 is 17.5 Å². The van der Waals surface area contributed by atoms with E-state index in [0.717, 1.165) is 43.7 Å². The standard InChI is InChI=1S/C17H21ClN4O/c1-19-9-12-4-3-7-22(11-12)17(23)15-10-20-21-16(15)13-5-2-6-14(18)8-13/h2,5-6,8,10,12,19H,3-4,7,9,11H2,1H3,(H,20,21). The zero-order valence-electron chi connectivity index (χ0n) is 13.2. The van der Waals surface area contributed by atoms with Gasteiger partial charge in [-0.3, -0.25) is 9.89 Å². The number of nitrogens with zero attached hydrogens (tertiary/aromatic N) is 2. The molecular formula is C17H21ClN4O. The van der Waals surface area contributed by atoms with Crippen LogP contribution in [0.25, 0.3) is 11.3 Å². The summed E-state index contributed by atoms with van der Waals surface area (Å²) in [6, 6.07) is 7.45. The number of carbonyl (C=O) groups excluding carboxylic acids is 1. The van der Waals surface area contributed by atoms with Crippen LogP contribution >= 0.6 is 11.6 Å². The predicted molar refractivity (Wildman–Crippen MR) is 91.6 cm³/mol. The molecule has 1 aliphatic heterocycles. The first-order valence-electron chi connectivity index (χ1n) is 7.92. The summed E-state index contributed by atoms with van der Waals surface area (Å²) >= 11 is 6.06. The number of piperidine rings is 1. The van der Waals surface area contributed by atoms with Crippen LogP contribution in [0.15, 0.2) is 30.5 Å². The second-order valence-electron chi connectivity index (χ2n) is 5.99. The summed E-state index contributed by atoms with van der Waals surface area (Å²) in [5.41, 5.74) is 2.22. The van der Waals surface area contributed by atoms with E-state index in [1.54, 1.807) is 6.20 Å². The highest BCUT2D eigenvalue weighted by Gasteiger charge is 2.26. The third-order valence-corrected chi connectivity index (χ3v) is 4.52. The summed E-state index contributed by atoms with van der Waals surface area (Å²) in [4.78, 5) is 14.8. The lowest BCUT2D eigenvalue weighted by molar-refractivity contribution is 0.0675. The minimum atomic E-state index is 0.0366. The molecule has 0 aliphatic carbocycles. The molecule has 1 fully saturated rings. The van der Waals surface area contributed by atoms with Crippen molar-refractivity contribution in [1.29, 1.82) is 0 Å². The van der Waals surface area contributed by atoms with E-state index in [2.05, 4.69) is 15.5 Å². The first-order valence-corrected chi connectivity index (χ1v) is 8.30. The minimum Gasteiger partial charge on any atom is -0.338 e. The van der Waals surface area contributed by atoms with Gasteiger partial charge >= 0.3 is 0 Å². The van der Waals surface area contributed by atoms with Crippen LogP contribution in [0.4, 0.5) is 0 Å². The SMILES string of the molecule is CNCC1CCCN(C(=O)c2cn[nH]c2-c2cccc(Cl)c2)C1. The second-order valence-corrected chi connectivity index (χ2v) is 6.42. The molecule has 1 saturated heterocycles. The fourth-order valence-corrected chi connectivity index (χ4v) is 3.38. The number of halogens is 1. The predicted octanol–water partition coefficient (Wildman–Crippen LogP) is 2.80. The lowest BCUT2D eigenvalue weighted by atomic mass is 9.97. The maximum absolute atomic E-state index is 12.9. The molecular weight excluding hydrogens is 312 g/mol. The molecule has 0 bridgehead atoms. The minimum absolute atomic E-state index is 0.0366. The van der Waals surface area contributed by atoms with Crippen molar-refractivity contribution < 1.29 is 4.79 Å². The molecule has 1 unspecified atom stereocenters. The van der Waals surface area contributed by atoms with Gasteiger partial charge < -0.3 is 10.2 Å². The van der Waals surface area contributed by atoms with Crippen LogP contribution in [0, 0.1) is 5.92 Å². The Hall–Kier alpha value is -1.85. The quantitative estimate of drug-likeness (QED) is 0.905. The Balaban J connectivity index is 1.82. The number of rotatable bonds is 4. The van der Waals surface area contributed by atoms with Crippen LogP contribution in [0.5, 0.6) is 0 Å². The van der Waals surface area contributed by atoms with Crippen molar-refractivity contribution in [1.82, 2.24) is 20.4 Å². The highest BCUT2D eigenvalue weighted by molar-refractivity contribution is 6.30. The topological polar surface area (TPSA) is 61.0 Å². The molecule has 23 heavy (non-hydrogen) atoms. The zero-order valence-corrected chi connectivity index (χ0v) is 13.9. The maximum Gasteiger partial charge on any atom is 0.257 e. The fraction of sp³-hybridized carbons (Fsp3) is 0.412. The number of aromatic amines is 1. The number of hydrogen-bond acceptors (Lipinski definition) is 3. The molecule has 1 amide bonds. The smallest absolute Gasteiger partial charge is 0.257 e. The summed E-state index contributed by atoms with van der Waals surface area (Å²) in [6.07, 6.45) is 3.82. The normalized spacial score (nSPS) is 18.2. The van der Waals surface area contributed by atoms with Gasteiger partial charge in [0.25, 0.3) is 5.91 Å². The van der Waals surface area contributed by atoms with Crippen molar-refractivity contribution in [2.45, 2.75) is 12.8 Å². The van der Waals surface area contributed by atoms with E-state index < -0.39 is 0 Å². The molecule has 122 valence electrons.